The minimum Gasteiger partial charge on any atom is -0.473 e. The molecule has 0 aromatic carbocycles. The lowest BCUT2D eigenvalue weighted by molar-refractivity contribution is 0.101. The Morgan fingerprint density at radius 2 is 2.50 bits per heavy atom. The number of aromatic nitrogens is 2. The van der Waals surface area contributed by atoms with Crippen molar-refractivity contribution in [1.29, 1.82) is 0 Å². The smallest absolute Gasteiger partial charge is 0.245 e. The highest BCUT2D eigenvalue weighted by atomic mass is 32.1. The summed E-state index contributed by atoms with van der Waals surface area (Å²) in [6.07, 6.45) is 2.54. The number of furan rings is 1. The van der Waals surface area contributed by atoms with Crippen LogP contribution in [0.5, 0.6) is 5.88 Å². The van der Waals surface area contributed by atoms with E-state index in [-0.39, 0.29) is 12.6 Å². The van der Waals surface area contributed by atoms with Gasteiger partial charge in [0, 0.05) is 6.54 Å². The summed E-state index contributed by atoms with van der Waals surface area (Å²) in [6, 6.07) is 3.78. The van der Waals surface area contributed by atoms with E-state index in [1.807, 2.05) is 19.1 Å². The molecule has 2 unspecified atom stereocenters. The quantitative estimate of drug-likeness (QED) is 0.786. The number of aliphatic hydroxyl groups excluding tert-OH is 1. The third kappa shape index (κ3) is 3.80. The van der Waals surface area contributed by atoms with Gasteiger partial charge in [0.2, 0.25) is 5.88 Å². The maximum atomic E-state index is 9.73. The molecule has 2 aromatic heterocycles. The highest BCUT2D eigenvalue weighted by Gasteiger charge is 2.11. The van der Waals surface area contributed by atoms with Crippen molar-refractivity contribution in [2.45, 2.75) is 19.1 Å². The molecule has 0 aliphatic rings. The Balaban J connectivity index is 1.67. The summed E-state index contributed by atoms with van der Waals surface area (Å²) in [5.41, 5.74) is 0. The third-order valence-corrected chi connectivity index (χ3v) is 2.86. The van der Waals surface area contributed by atoms with Crippen molar-refractivity contribution in [3.05, 3.63) is 30.4 Å². The monoisotopic (exact) mass is 269 g/mol. The van der Waals surface area contributed by atoms with Gasteiger partial charge in [0.1, 0.15) is 24.7 Å². The summed E-state index contributed by atoms with van der Waals surface area (Å²) in [5, 5.41) is 12.9. The Labute approximate surface area is 109 Å². The largest absolute Gasteiger partial charge is 0.473 e. The molecule has 2 heterocycles. The van der Waals surface area contributed by atoms with E-state index in [4.69, 9.17) is 9.15 Å². The Kier molecular flexibility index (Phi) is 4.68. The Morgan fingerprint density at radius 3 is 3.17 bits per heavy atom. The molecule has 2 N–H and O–H groups in total. The van der Waals surface area contributed by atoms with Gasteiger partial charge in [-0.1, -0.05) is 0 Å². The standard InChI is InChI=1S/C11H15N3O3S/c1-8(10-3-2-4-16-10)12-5-9(15)7-17-11-6-13-18-14-11/h2-4,6,8-9,12,15H,5,7H2,1H3. The van der Waals surface area contributed by atoms with Gasteiger partial charge < -0.3 is 19.6 Å². The zero-order valence-electron chi connectivity index (χ0n) is 9.94. The number of hydrogen-bond acceptors (Lipinski definition) is 7. The molecule has 0 fully saturated rings. The summed E-state index contributed by atoms with van der Waals surface area (Å²) in [7, 11) is 0. The second-order valence-corrected chi connectivity index (χ2v) is 4.41. The molecule has 0 aliphatic carbocycles. The lowest BCUT2D eigenvalue weighted by Gasteiger charge is -2.15. The van der Waals surface area contributed by atoms with Crippen LogP contribution in [0.3, 0.4) is 0 Å². The molecule has 7 heteroatoms. The van der Waals surface area contributed by atoms with E-state index in [9.17, 15) is 5.11 Å². The van der Waals surface area contributed by atoms with Crippen molar-refractivity contribution in [2.24, 2.45) is 0 Å². The fourth-order valence-corrected chi connectivity index (χ4v) is 1.78. The van der Waals surface area contributed by atoms with Crippen molar-refractivity contribution in [3.63, 3.8) is 0 Å². The van der Waals surface area contributed by atoms with Crippen molar-refractivity contribution in [3.8, 4) is 5.88 Å². The topological polar surface area (TPSA) is 80.4 Å². The summed E-state index contributed by atoms with van der Waals surface area (Å²) in [5.74, 6) is 1.28. The average Bonchev–Trinajstić information content (AvgIpc) is 3.05. The van der Waals surface area contributed by atoms with Gasteiger partial charge in [-0.25, -0.2) is 0 Å². The highest BCUT2D eigenvalue weighted by Crippen LogP contribution is 2.12. The van der Waals surface area contributed by atoms with Crippen LogP contribution >= 0.6 is 11.7 Å². The van der Waals surface area contributed by atoms with E-state index in [1.54, 1.807) is 6.26 Å². The number of rotatable bonds is 7. The first-order valence-corrected chi connectivity index (χ1v) is 6.34. The molecule has 2 atom stereocenters. The number of nitrogens with one attached hydrogen (secondary N) is 1. The Bertz CT molecular complexity index is 432. The number of ether oxygens (including phenoxy) is 1. The summed E-state index contributed by atoms with van der Waals surface area (Å²) in [4.78, 5) is 0. The Morgan fingerprint density at radius 1 is 1.61 bits per heavy atom. The lowest BCUT2D eigenvalue weighted by atomic mass is 10.2. The van der Waals surface area contributed by atoms with Crippen molar-refractivity contribution < 1.29 is 14.3 Å². The first-order chi connectivity index (χ1) is 8.75. The maximum Gasteiger partial charge on any atom is 0.245 e. The van der Waals surface area contributed by atoms with E-state index in [1.165, 1.54) is 6.20 Å². The fourth-order valence-electron chi connectivity index (χ4n) is 1.41. The van der Waals surface area contributed by atoms with Crippen LogP contribution in [0.15, 0.2) is 29.0 Å². The van der Waals surface area contributed by atoms with E-state index >= 15 is 0 Å². The van der Waals surface area contributed by atoms with E-state index in [0.29, 0.717) is 12.4 Å². The molecule has 0 radical (unpaired) electrons. The predicted molar refractivity (Wildman–Crippen MR) is 66.5 cm³/mol. The third-order valence-electron chi connectivity index (χ3n) is 2.39. The van der Waals surface area contributed by atoms with Crippen LogP contribution in [0.25, 0.3) is 0 Å². The zero-order chi connectivity index (χ0) is 12.8. The normalized spacial score (nSPS) is 14.3. The van der Waals surface area contributed by atoms with Gasteiger partial charge in [0.15, 0.2) is 0 Å². The number of nitrogens with zero attached hydrogens (tertiary/aromatic N) is 2. The van der Waals surface area contributed by atoms with Gasteiger partial charge in [-0.15, -0.1) is 4.37 Å². The molecule has 6 nitrogen and oxygen atoms in total. The molecule has 0 amide bonds. The molecule has 2 rings (SSSR count). The van der Waals surface area contributed by atoms with Gasteiger partial charge in [0.25, 0.3) is 0 Å². The first-order valence-electron chi connectivity index (χ1n) is 5.61. The van der Waals surface area contributed by atoms with Crippen LogP contribution in [-0.2, 0) is 0 Å². The van der Waals surface area contributed by atoms with Crippen LogP contribution in [0.2, 0.25) is 0 Å². The molecule has 0 bridgehead atoms. The van der Waals surface area contributed by atoms with Gasteiger partial charge in [-0.3, -0.25) is 0 Å². The van der Waals surface area contributed by atoms with Gasteiger partial charge >= 0.3 is 0 Å². The SMILES string of the molecule is CC(NCC(O)COc1cnsn1)c1ccco1. The average molecular weight is 269 g/mol. The summed E-state index contributed by atoms with van der Waals surface area (Å²) < 4.78 is 18.2. The molecular formula is C11H15N3O3S. The maximum absolute atomic E-state index is 9.73. The molecule has 2 aromatic rings. The molecule has 98 valence electrons. The number of aliphatic hydroxyl groups is 1. The van der Waals surface area contributed by atoms with E-state index in [2.05, 4.69) is 14.1 Å². The van der Waals surface area contributed by atoms with Crippen LogP contribution in [0, 0.1) is 0 Å². The van der Waals surface area contributed by atoms with Gasteiger partial charge in [0.05, 0.1) is 24.0 Å². The van der Waals surface area contributed by atoms with Crippen LogP contribution in [-0.4, -0.2) is 33.1 Å². The molecule has 0 saturated carbocycles. The predicted octanol–water partition coefficient (Wildman–Crippen LogP) is 1.22. The van der Waals surface area contributed by atoms with Crippen molar-refractivity contribution in [2.75, 3.05) is 13.2 Å². The second-order valence-electron chi connectivity index (χ2n) is 3.86. The van der Waals surface area contributed by atoms with Crippen molar-refractivity contribution in [1.82, 2.24) is 14.1 Å². The summed E-state index contributed by atoms with van der Waals surface area (Å²) >= 11 is 1.07. The highest BCUT2D eigenvalue weighted by molar-refractivity contribution is 6.99. The van der Waals surface area contributed by atoms with Crippen LogP contribution in [0.1, 0.15) is 18.7 Å². The van der Waals surface area contributed by atoms with Crippen LogP contribution in [0.4, 0.5) is 0 Å². The first kappa shape index (κ1) is 13.0. The minimum atomic E-state index is -0.607. The fraction of sp³-hybridized carbons (Fsp3) is 0.455. The molecule has 18 heavy (non-hydrogen) atoms. The van der Waals surface area contributed by atoms with Gasteiger partial charge in [-0.2, -0.15) is 4.37 Å². The summed E-state index contributed by atoms with van der Waals surface area (Å²) in [6.45, 7) is 2.57. The molecular weight excluding hydrogens is 254 g/mol. The molecule has 0 saturated heterocycles. The lowest BCUT2D eigenvalue weighted by Crippen LogP contribution is -2.32. The van der Waals surface area contributed by atoms with E-state index in [0.717, 1.165) is 17.5 Å². The molecule has 0 spiro atoms. The van der Waals surface area contributed by atoms with Crippen LogP contribution < -0.4 is 10.1 Å². The van der Waals surface area contributed by atoms with Gasteiger partial charge in [-0.05, 0) is 19.1 Å². The van der Waals surface area contributed by atoms with E-state index < -0.39 is 6.10 Å². The minimum absolute atomic E-state index is 0.0515. The second kappa shape index (κ2) is 6.48. The Hall–Kier alpha value is -1.44. The van der Waals surface area contributed by atoms with Crippen molar-refractivity contribution >= 4 is 11.7 Å². The molecule has 0 aliphatic heterocycles. The number of hydrogen-bond donors (Lipinski definition) is 2. The zero-order valence-corrected chi connectivity index (χ0v) is 10.8.